The summed E-state index contributed by atoms with van der Waals surface area (Å²) >= 11 is 0. The quantitative estimate of drug-likeness (QED) is 0.597. The zero-order chi connectivity index (χ0) is 14.9. The van der Waals surface area contributed by atoms with Crippen LogP contribution in [0.15, 0.2) is 35.9 Å². The first-order valence-electron chi connectivity index (χ1n) is 7.95. The molecular weight excluding hydrogens is 260 g/mol. The monoisotopic (exact) mass is 286 g/mol. The minimum atomic E-state index is 0.0640. The van der Waals surface area contributed by atoms with Gasteiger partial charge in [-0.2, -0.15) is 0 Å². The second-order valence-electron chi connectivity index (χ2n) is 5.80. The Morgan fingerprint density at radius 2 is 2.19 bits per heavy atom. The fraction of sp³-hybridized carbons (Fsp3) is 0.500. The van der Waals surface area contributed by atoms with Crippen LogP contribution in [0.2, 0.25) is 0 Å². The molecule has 0 aliphatic heterocycles. The van der Waals surface area contributed by atoms with Crippen LogP contribution in [0.4, 0.5) is 0 Å². The Labute approximate surface area is 127 Å². The van der Waals surface area contributed by atoms with Crippen LogP contribution in [-0.4, -0.2) is 19.0 Å². The average molecular weight is 286 g/mol. The Bertz CT molecular complexity index is 494. The molecule has 2 N–H and O–H groups in total. The number of rotatable bonds is 7. The van der Waals surface area contributed by atoms with Crippen molar-refractivity contribution in [2.24, 2.45) is 0 Å². The van der Waals surface area contributed by atoms with E-state index in [9.17, 15) is 4.79 Å². The van der Waals surface area contributed by atoms with Crippen LogP contribution in [0, 0.1) is 6.92 Å². The topological polar surface area (TPSA) is 41.1 Å². The van der Waals surface area contributed by atoms with Crippen molar-refractivity contribution in [2.45, 2.75) is 45.6 Å². The molecule has 0 saturated carbocycles. The smallest absolute Gasteiger partial charge is 0.234 e. The number of amides is 1. The minimum absolute atomic E-state index is 0.0640. The Balaban J connectivity index is 1.58. The lowest BCUT2D eigenvalue weighted by Gasteiger charge is -2.13. The maximum absolute atomic E-state index is 11.8. The van der Waals surface area contributed by atoms with Gasteiger partial charge in [-0.3, -0.25) is 4.79 Å². The molecule has 1 aromatic rings. The summed E-state index contributed by atoms with van der Waals surface area (Å²) in [5.41, 5.74) is 3.92. The number of carbonyl (C=O) groups is 1. The van der Waals surface area contributed by atoms with Gasteiger partial charge < -0.3 is 10.6 Å². The van der Waals surface area contributed by atoms with E-state index >= 15 is 0 Å². The van der Waals surface area contributed by atoms with E-state index in [1.54, 1.807) is 5.57 Å². The predicted octanol–water partition coefficient (Wildman–Crippen LogP) is 3.09. The zero-order valence-corrected chi connectivity index (χ0v) is 13.0. The molecule has 0 radical (unpaired) electrons. The molecule has 114 valence electrons. The van der Waals surface area contributed by atoms with Crippen LogP contribution < -0.4 is 10.6 Å². The fourth-order valence-corrected chi connectivity index (χ4v) is 2.67. The largest absolute Gasteiger partial charge is 0.351 e. The van der Waals surface area contributed by atoms with Crippen molar-refractivity contribution < 1.29 is 4.79 Å². The maximum atomic E-state index is 11.8. The number of allylic oxidation sites excluding steroid dienone is 1. The lowest BCUT2D eigenvalue weighted by atomic mass is 9.97. The molecule has 0 bridgehead atoms. The molecule has 0 fully saturated rings. The molecule has 1 aliphatic carbocycles. The molecular formula is C18H26N2O. The van der Waals surface area contributed by atoms with Crippen molar-refractivity contribution in [3.63, 3.8) is 0 Å². The summed E-state index contributed by atoms with van der Waals surface area (Å²) in [5, 5.41) is 6.18. The van der Waals surface area contributed by atoms with Crippen LogP contribution >= 0.6 is 0 Å². The summed E-state index contributed by atoms with van der Waals surface area (Å²) in [6, 6.07) is 8.22. The van der Waals surface area contributed by atoms with E-state index in [0.29, 0.717) is 13.1 Å². The van der Waals surface area contributed by atoms with Crippen molar-refractivity contribution in [1.29, 1.82) is 0 Å². The number of hydrogen-bond donors (Lipinski definition) is 2. The van der Waals surface area contributed by atoms with Crippen LogP contribution in [0.25, 0.3) is 0 Å². The highest BCUT2D eigenvalue weighted by Gasteiger charge is 2.04. The molecule has 1 aromatic carbocycles. The summed E-state index contributed by atoms with van der Waals surface area (Å²) in [6.07, 6.45) is 8.56. The molecule has 0 unspecified atom stereocenters. The van der Waals surface area contributed by atoms with E-state index in [4.69, 9.17) is 0 Å². The van der Waals surface area contributed by atoms with Crippen molar-refractivity contribution >= 4 is 5.91 Å². The molecule has 3 nitrogen and oxygen atoms in total. The van der Waals surface area contributed by atoms with Gasteiger partial charge in [0, 0.05) is 6.54 Å². The lowest BCUT2D eigenvalue weighted by molar-refractivity contribution is -0.120. The highest BCUT2D eigenvalue weighted by Crippen LogP contribution is 2.19. The van der Waals surface area contributed by atoms with E-state index in [1.165, 1.54) is 31.2 Å². The molecule has 0 heterocycles. The number of aryl methyl sites for hydroxylation is 1. The van der Waals surface area contributed by atoms with Gasteiger partial charge in [0.1, 0.15) is 0 Å². The number of carbonyl (C=O) groups excluding carboxylic acids is 1. The van der Waals surface area contributed by atoms with Crippen LogP contribution in [0.3, 0.4) is 0 Å². The summed E-state index contributed by atoms with van der Waals surface area (Å²) in [5.74, 6) is 0.0640. The molecule has 1 aliphatic rings. The van der Waals surface area contributed by atoms with E-state index in [-0.39, 0.29) is 5.91 Å². The van der Waals surface area contributed by atoms with Gasteiger partial charge in [-0.25, -0.2) is 0 Å². The van der Waals surface area contributed by atoms with Gasteiger partial charge in [0.25, 0.3) is 0 Å². The summed E-state index contributed by atoms with van der Waals surface area (Å²) in [4.78, 5) is 11.8. The first-order valence-corrected chi connectivity index (χ1v) is 7.95. The minimum Gasteiger partial charge on any atom is -0.351 e. The highest BCUT2D eigenvalue weighted by atomic mass is 16.1. The van der Waals surface area contributed by atoms with Gasteiger partial charge in [0.2, 0.25) is 5.91 Å². The standard InChI is InChI=1S/C18H26N2O/c1-15-6-5-9-17(12-15)13-20-18(21)14-19-11-10-16-7-3-2-4-8-16/h5-7,9,12,19H,2-4,8,10-11,13-14H2,1H3,(H,20,21). The maximum Gasteiger partial charge on any atom is 0.234 e. The lowest BCUT2D eigenvalue weighted by Crippen LogP contribution is -2.34. The normalized spacial score (nSPS) is 14.6. The van der Waals surface area contributed by atoms with Gasteiger partial charge in [0.15, 0.2) is 0 Å². The Morgan fingerprint density at radius 1 is 1.29 bits per heavy atom. The van der Waals surface area contributed by atoms with E-state index in [0.717, 1.165) is 18.5 Å². The van der Waals surface area contributed by atoms with Gasteiger partial charge in [-0.1, -0.05) is 41.5 Å². The van der Waals surface area contributed by atoms with Crippen LogP contribution in [0.1, 0.15) is 43.2 Å². The van der Waals surface area contributed by atoms with Gasteiger partial charge >= 0.3 is 0 Å². The van der Waals surface area contributed by atoms with Gasteiger partial charge in [0.05, 0.1) is 6.54 Å². The second-order valence-corrected chi connectivity index (χ2v) is 5.80. The van der Waals surface area contributed by atoms with Crippen molar-refractivity contribution in [2.75, 3.05) is 13.1 Å². The Hall–Kier alpha value is -1.61. The van der Waals surface area contributed by atoms with Crippen molar-refractivity contribution in [3.05, 3.63) is 47.0 Å². The molecule has 0 aromatic heterocycles. The Morgan fingerprint density at radius 3 is 2.95 bits per heavy atom. The Kier molecular flexibility index (Phi) is 6.48. The number of benzene rings is 1. The molecule has 21 heavy (non-hydrogen) atoms. The molecule has 2 rings (SSSR count). The fourth-order valence-electron chi connectivity index (χ4n) is 2.67. The average Bonchev–Trinajstić information content (AvgIpc) is 2.51. The van der Waals surface area contributed by atoms with E-state index < -0.39 is 0 Å². The summed E-state index contributed by atoms with van der Waals surface area (Å²) in [7, 11) is 0. The first-order chi connectivity index (χ1) is 10.2. The van der Waals surface area contributed by atoms with Crippen molar-refractivity contribution in [1.82, 2.24) is 10.6 Å². The van der Waals surface area contributed by atoms with Crippen LogP contribution in [-0.2, 0) is 11.3 Å². The summed E-state index contributed by atoms with van der Waals surface area (Å²) in [6.45, 7) is 3.96. The third-order valence-corrected chi connectivity index (χ3v) is 3.87. The van der Waals surface area contributed by atoms with E-state index in [1.807, 2.05) is 12.1 Å². The predicted molar refractivity (Wildman–Crippen MR) is 87.1 cm³/mol. The highest BCUT2D eigenvalue weighted by molar-refractivity contribution is 5.77. The first kappa shape index (κ1) is 15.8. The third kappa shape index (κ3) is 6.13. The van der Waals surface area contributed by atoms with Crippen molar-refractivity contribution in [3.8, 4) is 0 Å². The molecule has 0 atom stereocenters. The number of hydrogen-bond acceptors (Lipinski definition) is 2. The molecule has 1 amide bonds. The van der Waals surface area contributed by atoms with E-state index in [2.05, 4.69) is 35.8 Å². The van der Waals surface area contributed by atoms with Gasteiger partial charge in [-0.15, -0.1) is 0 Å². The van der Waals surface area contributed by atoms with Crippen LogP contribution in [0.5, 0.6) is 0 Å². The third-order valence-electron chi connectivity index (χ3n) is 3.87. The molecule has 3 heteroatoms. The molecule has 0 saturated heterocycles. The molecule has 0 spiro atoms. The van der Waals surface area contributed by atoms with Gasteiger partial charge in [-0.05, 0) is 51.1 Å². The zero-order valence-electron chi connectivity index (χ0n) is 13.0. The summed E-state index contributed by atoms with van der Waals surface area (Å²) < 4.78 is 0. The SMILES string of the molecule is Cc1cccc(CNC(=O)CNCCC2=CCCCC2)c1. The second kappa shape index (κ2) is 8.63. The number of nitrogens with one attached hydrogen (secondary N) is 2.